The van der Waals surface area contributed by atoms with E-state index in [2.05, 4.69) is 21.9 Å². The fraction of sp³-hybridized carbons (Fsp3) is 0.611. The van der Waals surface area contributed by atoms with Crippen molar-refractivity contribution in [2.45, 2.75) is 30.6 Å². The highest BCUT2D eigenvalue weighted by Gasteiger charge is 2.31. The van der Waals surface area contributed by atoms with Crippen LogP contribution in [0.4, 0.5) is 4.39 Å². The van der Waals surface area contributed by atoms with Gasteiger partial charge in [-0.1, -0.05) is 6.07 Å². The van der Waals surface area contributed by atoms with E-state index < -0.39 is 0 Å². The molecule has 0 radical (unpaired) electrons. The van der Waals surface area contributed by atoms with Gasteiger partial charge in [0.25, 0.3) is 0 Å². The lowest BCUT2D eigenvalue weighted by atomic mass is 9.99. The van der Waals surface area contributed by atoms with Crippen molar-refractivity contribution in [2.75, 3.05) is 39.6 Å². The number of hydrogen-bond acceptors (Lipinski definition) is 4. The molecule has 1 fully saturated rings. The summed E-state index contributed by atoms with van der Waals surface area (Å²) >= 11 is 1.89. The first kappa shape index (κ1) is 19.8. The van der Waals surface area contributed by atoms with Crippen molar-refractivity contribution >= 4 is 17.7 Å². The van der Waals surface area contributed by atoms with Crippen LogP contribution in [0.15, 0.2) is 29.3 Å². The Balaban J connectivity index is 1.77. The molecule has 0 saturated carbocycles. The summed E-state index contributed by atoms with van der Waals surface area (Å²) in [5, 5.41) is 6.67. The Morgan fingerprint density at radius 3 is 2.80 bits per heavy atom. The molecule has 1 aliphatic rings. The van der Waals surface area contributed by atoms with Gasteiger partial charge in [0.05, 0.1) is 6.54 Å². The van der Waals surface area contributed by atoms with Gasteiger partial charge in [0.2, 0.25) is 0 Å². The number of aliphatic imine (C=N–C) groups is 1. The maximum absolute atomic E-state index is 13.2. The number of thioether (sulfide) groups is 1. The SMILES string of the molecule is CN=C(NCC(C)Oc1cccc(F)c1)NCC1(SC)CCOCC1. The van der Waals surface area contributed by atoms with Gasteiger partial charge in [0.1, 0.15) is 17.7 Å². The lowest BCUT2D eigenvalue weighted by molar-refractivity contribution is 0.0782. The molecule has 1 heterocycles. The summed E-state index contributed by atoms with van der Waals surface area (Å²) in [5.41, 5.74) is 0. The Kier molecular flexibility index (Phi) is 7.84. The van der Waals surface area contributed by atoms with E-state index in [9.17, 15) is 4.39 Å². The zero-order valence-electron chi connectivity index (χ0n) is 15.2. The van der Waals surface area contributed by atoms with Gasteiger partial charge in [0.15, 0.2) is 5.96 Å². The molecule has 0 aliphatic carbocycles. The molecule has 2 rings (SSSR count). The number of rotatable bonds is 7. The van der Waals surface area contributed by atoms with Crippen molar-refractivity contribution in [3.8, 4) is 5.75 Å². The van der Waals surface area contributed by atoms with Crippen LogP contribution in [0.1, 0.15) is 19.8 Å². The van der Waals surface area contributed by atoms with Gasteiger partial charge in [-0.25, -0.2) is 4.39 Å². The summed E-state index contributed by atoms with van der Waals surface area (Å²) in [7, 11) is 1.75. The molecular weight excluding hydrogens is 341 g/mol. The van der Waals surface area contributed by atoms with Gasteiger partial charge in [-0.05, 0) is 38.2 Å². The van der Waals surface area contributed by atoms with E-state index in [0.29, 0.717) is 12.3 Å². The number of benzene rings is 1. The number of guanidine groups is 1. The summed E-state index contributed by atoms with van der Waals surface area (Å²) in [6, 6.07) is 6.18. The highest BCUT2D eigenvalue weighted by Crippen LogP contribution is 2.32. The molecule has 2 N–H and O–H groups in total. The Bertz CT molecular complexity index is 565. The van der Waals surface area contributed by atoms with Crippen LogP contribution in [0.3, 0.4) is 0 Å². The van der Waals surface area contributed by atoms with Gasteiger partial charge in [0, 0.05) is 37.6 Å². The van der Waals surface area contributed by atoms with Crippen LogP contribution >= 0.6 is 11.8 Å². The highest BCUT2D eigenvalue weighted by atomic mass is 32.2. The second kappa shape index (κ2) is 9.87. The monoisotopic (exact) mass is 369 g/mol. The normalized spacial score (nSPS) is 18.5. The average Bonchev–Trinajstić information content (AvgIpc) is 2.62. The second-order valence-electron chi connectivity index (χ2n) is 6.19. The fourth-order valence-electron chi connectivity index (χ4n) is 2.72. The zero-order chi connectivity index (χ0) is 18.1. The minimum Gasteiger partial charge on any atom is -0.489 e. The van der Waals surface area contributed by atoms with Crippen LogP contribution in [-0.4, -0.2) is 56.4 Å². The summed E-state index contributed by atoms with van der Waals surface area (Å²) in [6.07, 6.45) is 4.12. The first-order valence-electron chi connectivity index (χ1n) is 8.56. The lowest BCUT2D eigenvalue weighted by Gasteiger charge is -2.36. The van der Waals surface area contributed by atoms with Crippen LogP contribution in [0.25, 0.3) is 0 Å². The predicted molar refractivity (Wildman–Crippen MR) is 102 cm³/mol. The van der Waals surface area contributed by atoms with Gasteiger partial charge < -0.3 is 20.1 Å². The number of hydrogen-bond donors (Lipinski definition) is 2. The van der Waals surface area contributed by atoms with Crippen molar-refractivity contribution in [1.29, 1.82) is 0 Å². The molecule has 0 aromatic heterocycles. The molecule has 1 aliphatic heterocycles. The van der Waals surface area contributed by atoms with E-state index in [4.69, 9.17) is 9.47 Å². The minimum absolute atomic E-state index is 0.113. The quantitative estimate of drug-likeness (QED) is 0.572. The number of halogens is 1. The molecular formula is C18H28FN3O2S. The van der Waals surface area contributed by atoms with Crippen molar-refractivity contribution < 1.29 is 13.9 Å². The summed E-state index contributed by atoms with van der Waals surface area (Å²) in [5.74, 6) is 0.976. The molecule has 140 valence electrons. The molecule has 1 saturated heterocycles. The van der Waals surface area contributed by atoms with E-state index in [1.54, 1.807) is 19.2 Å². The maximum atomic E-state index is 13.2. The van der Waals surface area contributed by atoms with Gasteiger partial charge in [-0.15, -0.1) is 0 Å². The topological polar surface area (TPSA) is 54.9 Å². The molecule has 1 unspecified atom stereocenters. The lowest BCUT2D eigenvalue weighted by Crippen LogP contribution is -2.49. The predicted octanol–water partition coefficient (Wildman–Crippen LogP) is 2.67. The van der Waals surface area contributed by atoms with E-state index >= 15 is 0 Å². The standard InChI is InChI=1S/C18H28FN3O2S/c1-14(24-16-6-4-5-15(19)11-16)12-21-17(20-2)22-13-18(25-3)7-9-23-10-8-18/h4-6,11,14H,7-10,12-13H2,1-3H3,(H2,20,21,22). The Morgan fingerprint density at radius 1 is 1.40 bits per heavy atom. The van der Waals surface area contributed by atoms with Crippen LogP contribution in [0.2, 0.25) is 0 Å². The van der Waals surface area contributed by atoms with Crippen LogP contribution in [0.5, 0.6) is 5.75 Å². The molecule has 0 bridgehead atoms. The molecule has 5 nitrogen and oxygen atoms in total. The molecule has 7 heteroatoms. The van der Waals surface area contributed by atoms with E-state index in [0.717, 1.165) is 38.6 Å². The van der Waals surface area contributed by atoms with Crippen molar-refractivity contribution in [3.05, 3.63) is 30.1 Å². The molecule has 25 heavy (non-hydrogen) atoms. The number of ether oxygens (including phenoxy) is 2. The van der Waals surface area contributed by atoms with E-state index in [-0.39, 0.29) is 16.7 Å². The van der Waals surface area contributed by atoms with Crippen molar-refractivity contribution in [1.82, 2.24) is 10.6 Å². The van der Waals surface area contributed by atoms with Crippen LogP contribution in [-0.2, 0) is 4.74 Å². The first-order valence-corrected chi connectivity index (χ1v) is 9.79. The molecule has 1 atom stereocenters. The van der Waals surface area contributed by atoms with E-state index in [1.165, 1.54) is 12.1 Å². The van der Waals surface area contributed by atoms with Crippen molar-refractivity contribution in [3.63, 3.8) is 0 Å². The first-order chi connectivity index (χ1) is 12.1. The summed E-state index contributed by atoms with van der Waals surface area (Å²) in [4.78, 5) is 4.27. The molecule has 0 spiro atoms. The Hall–Kier alpha value is -1.47. The maximum Gasteiger partial charge on any atom is 0.191 e. The largest absolute Gasteiger partial charge is 0.489 e. The van der Waals surface area contributed by atoms with E-state index in [1.807, 2.05) is 18.7 Å². The molecule has 1 aromatic carbocycles. The average molecular weight is 370 g/mol. The third-order valence-electron chi connectivity index (χ3n) is 4.33. The third kappa shape index (κ3) is 6.40. The smallest absolute Gasteiger partial charge is 0.191 e. The Labute approximate surface area is 153 Å². The van der Waals surface area contributed by atoms with Crippen LogP contribution in [0, 0.1) is 5.82 Å². The Morgan fingerprint density at radius 2 is 2.16 bits per heavy atom. The highest BCUT2D eigenvalue weighted by molar-refractivity contribution is 8.00. The minimum atomic E-state index is -0.297. The zero-order valence-corrected chi connectivity index (χ0v) is 16.0. The molecule has 1 aromatic rings. The number of nitrogens with one attached hydrogen (secondary N) is 2. The molecule has 0 amide bonds. The second-order valence-corrected chi connectivity index (χ2v) is 7.47. The van der Waals surface area contributed by atoms with Crippen molar-refractivity contribution in [2.24, 2.45) is 4.99 Å². The fourth-order valence-corrected chi connectivity index (χ4v) is 3.51. The van der Waals surface area contributed by atoms with Gasteiger partial charge in [-0.2, -0.15) is 11.8 Å². The van der Waals surface area contributed by atoms with Crippen LogP contribution < -0.4 is 15.4 Å². The number of nitrogens with zero attached hydrogens (tertiary/aromatic N) is 1. The summed E-state index contributed by atoms with van der Waals surface area (Å²) in [6.45, 7) is 4.98. The summed E-state index contributed by atoms with van der Waals surface area (Å²) < 4.78 is 24.6. The van der Waals surface area contributed by atoms with Gasteiger partial charge >= 0.3 is 0 Å². The van der Waals surface area contributed by atoms with Gasteiger partial charge in [-0.3, -0.25) is 4.99 Å². The third-order valence-corrected chi connectivity index (χ3v) is 5.75.